The number of anilines is 1. The number of aliphatic hydroxyl groups is 1. The summed E-state index contributed by atoms with van der Waals surface area (Å²) >= 11 is 1.39. The summed E-state index contributed by atoms with van der Waals surface area (Å²) in [5.74, 6) is 0.812. The molecule has 1 atom stereocenters. The van der Waals surface area contributed by atoms with Crippen molar-refractivity contribution in [3.05, 3.63) is 5.82 Å². The second-order valence-corrected chi connectivity index (χ2v) is 4.56. The topological polar surface area (TPSA) is 52.5 Å². The average Bonchev–Trinajstić information content (AvgIpc) is 2.65. The van der Waals surface area contributed by atoms with Crippen LogP contribution < -0.4 is 4.90 Å². The summed E-state index contributed by atoms with van der Waals surface area (Å²) in [6.45, 7) is 2.80. The molecule has 0 aliphatic rings. The molecule has 0 saturated heterocycles. The summed E-state index contributed by atoms with van der Waals surface area (Å²) in [4.78, 5) is 8.35. The number of hydrogen-bond donors (Lipinski definition) is 1. The lowest BCUT2D eigenvalue weighted by Gasteiger charge is -2.20. The zero-order valence-electron chi connectivity index (χ0n) is 9.64. The van der Waals surface area contributed by atoms with Crippen LogP contribution in [-0.4, -0.2) is 53.2 Å². The molecule has 86 valence electrons. The van der Waals surface area contributed by atoms with Gasteiger partial charge in [-0.15, -0.1) is 0 Å². The first kappa shape index (κ1) is 12.4. The monoisotopic (exact) mass is 230 g/mol. The Morgan fingerprint density at radius 2 is 2.07 bits per heavy atom. The molecule has 1 N–H and O–H groups in total. The number of likely N-dealkylation sites (N-methyl/N-ethyl adjacent to an activating group) is 1. The molecule has 0 aromatic carbocycles. The first-order valence-electron chi connectivity index (χ1n) is 4.85. The Kier molecular flexibility index (Phi) is 4.44. The van der Waals surface area contributed by atoms with Crippen LogP contribution in [0.4, 0.5) is 5.13 Å². The van der Waals surface area contributed by atoms with E-state index in [0.29, 0.717) is 6.54 Å². The van der Waals surface area contributed by atoms with E-state index in [9.17, 15) is 0 Å². The second kappa shape index (κ2) is 5.39. The van der Waals surface area contributed by atoms with Gasteiger partial charge < -0.3 is 10.0 Å². The first-order chi connectivity index (χ1) is 7.04. The van der Waals surface area contributed by atoms with Crippen molar-refractivity contribution in [3.8, 4) is 0 Å². The predicted octanol–water partition coefficient (Wildman–Crippen LogP) is 0.417. The van der Waals surface area contributed by atoms with Gasteiger partial charge in [-0.2, -0.15) is 4.37 Å². The maximum atomic E-state index is 8.99. The number of hydrogen-bond acceptors (Lipinski definition) is 6. The van der Waals surface area contributed by atoms with Crippen molar-refractivity contribution in [2.24, 2.45) is 0 Å². The van der Waals surface area contributed by atoms with Gasteiger partial charge in [0.05, 0.1) is 13.2 Å². The SMILES string of the molecule is CC(CO)N(C)Cc1nsc(N(C)C)n1. The van der Waals surface area contributed by atoms with Crippen LogP contribution in [0.25, 0.3) is 0 Å². The van der Waals surface area contributed by atoms with Crippen molar-refractivity contribution in [2.75, 3.05) is 32.6 Å². The minimum absolute atomic E-state index is 0.135. The van der Waals surface area contributed by atoms with Gasteiger partial charge in [0.25, 0.3) is 0 Å². The van der Waals surface area contributed by atoms with Crippen molar-refractivity contribution >= 4 is 16.7 Å². The van der Waals surface area contributed by atoms with Crippen molar-refractivity contribution in [3.63, 3.8) is 0 Å². The molecule has 15 heavy (non-hydrogen) atoms. The molecule has 1 aromatic rings. The molecule has 0 fully saturated rings. The van der Waals surface area contributed by atoms with E-state index in [2.05, 4.69) is 9.36 Å². The molecule has 1 heterocycles. The highest BCUT2D eigenvalue weighted by molar-refractivity contribution is 7.09. The fourth-order valence-electron chi connectivity index (χ4n) is 1.01. The summed E-state index contributed by atoms with van der Waals surface area (Å²) in [5, 5.41) is 9.90. The van der Waals surface area contributed by atoms with Gasteiger partial charge in [0.1, 0.15) is 0 Å². The van der Waals surface area contributed by atoms with Crippen LogP contribution >= 0.6 is 11.5 Å². The molecular formula is C9H18N4OS. The Hall–Kier alpha value is -0.720. The highest BCUT2D eigenvalue weighted by Gasteiger charge is 2.12. The second-order valence-electron chi connectivity index (χ2n) is 3.83. The summed E-state index contributed by atoms with van der Waals surface area (Å²) in [7, 11) is 5.85. The lowest BCUT2D eigenvalue weighted by Crippen LogP contribution is -2.31. The van der Waals surface area contributed by atoms with E-state index in [1.807, 2.05) is 37.9 Å². The van der Waals surface area contributed by atoms with Crippen LogP contribution in [0, 0.1) is 0 Å². The molecule has 1 rings (SSSR count). The molecule has 0 spiro atoms. The fraction of sp³-hybridized carbons (Fsp3) is 0.778. The minimum atomic E-state index is 0.135. The van der Waals surface area contributed by atoms with Gasteiger partial charge in [-0.25, -0.2) is 4.98 Å². The van der Waals surface area contributed by atoms with Crippen LogP contribution in [-0.2, 0) is 6.54 Å². The van der Waals surface area contributed by atoms with Crippen LogP contribution in [0.5, 0.6) is 0 Å². The third-order valence-corrected chi connectivity index (χ3v) is 3.17. The first-order valence-corrected chi connectivity index (χ1v) is 5.63. The largest absolute Gasteiger partial charge is 0.395 e. The Labute approximate surface area is 94.5 Å². The van der Waals surface area contributed by atoms with E-state index < -0.39 is 0 Å². The number of rotatable bonds is 5. The van der Waals surface area contributed by atoms with Gasteiger partial charge >= 0.3 is 0 Å². The molecule has 0 aliphatic carbocycles. The molecule has 0 aliphatic heterocycles. The molecule has 5 nitrogen and oxygen atoms in total. The van der Waals surface area contributed by atoms with Crippen LogP contribution in [0.1, 0.15) is 12.7 Å². The normalized spacial score (nSPS) is 13.2. The minimum Gasteiger partial charge on any atom is -0.395 e. The van der Waals surface area contributed by atoms with Gasteiger partial charge in [0.15, 0.2) is 5.82 Å². The molecule has 0 amide bonds. The van der Waals surface area contributed by atoms with E-state index >= 15 is 0 Å². The smallest absolute Gasteiger partial charge is 0.204 e. The molecular weight excluding hydrogens is 212 g/mol. The van der Waals surface area contributed by atoms with E-state index in [1.54, 1.807) is 0 Å². The highest BCUT2D eigenvalue weighted by Crippen LogP contribution is 2.15. The number of aliphatic hydroxyl groups excluding tert-OH is 1. The Morgan fingerprint density at radius 1 is 1.40 bits per heavy atom. The molecule has 1 unspecified atom stereocenters. The van der Waals surface area contributed by atoms with Gasteiger partial charge in [-0.1, -0.05) is 0 Å². The van der Waals surface area contributed by atoms with Gasteiger partial charge in [-0.05, 0) is 14.0 Å². The van der Waals surface area contributed by atoms with Crippen molar-refractivity contribution < 1.29 is 5.11 Å². The van der Waals surface area contributed by atoms with E-state index in [4.69, 9.17) is 5.11 Å². The average molecular weight is 230 g/mol. The maximum Gasteiger partial charge on any atom is 0.204 e. The van der Waals surface area contributed by atoms with Crippen LogP contribution in [0.15, 0.2) is 0 Å². The molecule has 0 radical (unpaired) electrons. The quantitative estimate of drug-likeness (QED) is 0.794. The van der Waals surface area contributed by atoms with Crippen molar-refractivity contribution in [2.45, 2.75) is 19.5 Å². The van der Waals surface area contributed by atoms with Crippen LogP contribution in [0.2, 0.25) is 0 Å². The van der Waals surface area contributed by atoms with E-state index in [0.717, 1.165) is 11.0 Å². The van der Waals surface area contributed by atoms with Gasteiger partial charge in [-0.3, -0.25) is 4.90 Å². The Bertz CT molecular complexity index is 302. The third kappa shape index (κ3) is 3.40. The fourth-order valence-corrected chi connectivity index (χ4v) is 1.60. The molecule has 6 heteroatoms. The zero-order chi connectivity index (χ0) is 11.4. The molecule has 0 bridgehead atoms. The van der Waals surface area contributed by atoms with E-state index in [1.165, 1.54) is 11.5 Å². The van der Waals surface area contributed by atoms with Gasteiger partial charge in [0, 0.05) is 31.7 Å². The highest BCUT2D eigenvalue weighted by atomic mass is 32.1. The maximum absolute atomic E-state index is 8.99. The van der Waals surface area contributed by atoms with Gasteiger partial charge in [0.2, 0.25) is 5.13 Å². The zero-order valence-corrected chi connectivity index (χ0v) is 10.5. The van der Waals surface area contributed by atoms with Crippen LogP contribution in [0.3, 0.4) is 0 Å². The summed E-state index contributed by atoms with van der Waals surface area (Å²) in [6, 6.07) is 0.135. The molecule has 0 saturated carbocycles. The number of aromatic nitrogens is 2. The summed E-state index contributed by atoms with van der Waals surface area (Å²) < 4.78 is 4.26. The Balaban J connectivity index is 2.57. The van der Waals surface area contributed by atoms with E-state index in [-0.39, 0.29) is 12.6 Å². The third-order valence-electron chi connectivity index (χ3n) is 2.25. The lowest BCUT2D eigenvalue weighted by atomic mass is 10.3. The standard InChI is InChI=1S/C9H18N4OS/c1-7(6-14)13(4)5-8-10-9(12(2)3)15-11-8/h7,14H,5-6H2,1-4H3. The predicted molar refractivity (Wildman–Crippen MR) is 62.3 cm³/mol. The number of nitrogens with zero attached hydrogens (tertiary/aromatic N) is 4. The molecule has 1 aromatic heterocycles. The Morgan fingerprint density at radius 3 is 2.53 bits per heavy atom. The summed E-state index contributed by atoms with van der Waals surface area (Å²) in [6.07, 6.45) is 0. The van der Waals surface area contributed by atoms with Crippen molar-refractivity contribution in [1.82, 2.24) is 14.3 Å². The lowest BCUT2D eigenvalue weighted by molar-refractivity contribution is 0.152. The summed E-state index contributed by atoms with van der Waals surface area (Å²) in [5.41, 5.74) is 0. The van der Waals surface area contributed by atoms with Crippen molar-refractivity contribution in [1.29, 1.82) is 0 Å².